The van der Waals surface area contributed by atoms with Crippen molar-refractivity contribution >= 4 is 27.6 Å². The van der Waals surface area contributed by atoms with Gasteiger partial charge in [0.1, 0.15) is 0 Å². The van der Waals surface area contributed by atoms with E-state index in [0.717, 1.165) is 29.4 Å². The lowest BCUT2D eigenvalue weighted by Crippen LogP contribution is -2.15. The first-order valence-corrected chi connectivity index (χ1v) is 7.58. The zero-order valence-electron chi connectivity index (χ0n) is 10.3. The summed E-state index contributed by atoms with van der Waals surface area (Å²) in [6, 6.07) is 0. The number of fused-ring (bicyclic) bond motifs is 1. The maximum Gasteiger partial charge on any atom is 0.194 e. The maximum atomic E-state index is 4.58. The second kappa shape index (κ2) is 4.79. The zero-order valence-corrected chi connectivity index (χ0v) is 11.9. The van der Waals surface area contributed by atoms with E-state index in [4.69, 9.17) is 0 Å². The highest BCUT2D eigenvalue weighted by molar-refractivity contribution is 7.15. The van der Waals surface area contributed by atoms with Crippen molar-refractivity contribution in [2.75, 3.05) is 0 Å². The fraction of sp³-hybridized carbons (Fsp3) is 0.333. The summed E-state index contributed by atoms with van der Waals surface area (Å²) in [7, 11) is 0. The minimum Gasteiger partial charge on any atom is -0.305 e. The van der Waals surface area contributed by atoms with Crippen molar-refractivity contribution < 1.29 is 0 Å². The maximum absolute atomic E-state index is 4.58. The van der Waals surface area contributed by atoms with Gasteiger partial charge in [0.05, 0.1) is 22.6 Å². The van der Waals surface area contributed by atoms with Gasteiger partial charge in [-0.25, -0.2) is 9.97 Å². The van der Waals surface area contributed by atoms with Crippen molar-refractivity contribution in [3.63, 3.8) is 0 Å². The highest BCUT2D eigenvalue weighted by Gasteiger charge is 2.11. The lowest BCUT2D eigenvalue weighted by molar-refractivity contribution is 0.662. The number of aromatic nitrogens is 3. The van der Waals surface area contributed by atoms with Gasteiger partial charge in [-0.2, -0.15) is 0 Å². The highest BCUT2D eigenvalue weighted by Crippen LogP contribution is 2.20. The lowest BCUT2D eigenvalue weighted by atomic mass is 10.3. The van der Waals surface area contributed by atoms with Crippen molar-refractivity contribution in [1.82, 2.24) is 19.7 Å². The number of imidazole rings is 1. The highest BCUT2D eigenvalue weighted by atomic mass is 32.1. The van der Waals surface area contributed by atoms with Crippen molar-refractivity contribution in [2.24, 2.45) is 0 Å². The number of rotatable bonds is 4. The molecule has 0 saturated carbocycles. The molecule has 4 nitrogen and oxygen atoms in total. The molecule has 3 rings (SSSR count). The van der Waals surface area contributed by atoms with E-state index < -0.39 is 0 Å². The van der Waals surface area contributed by atoms with Crippen molar-refractivity contribution in [3.8, 4) is 0 Å². The Kier molecular flexibility index (Phi) is 3.15. The van der Waals surface area contributed by atoms with E-state index in [1.165, 1.54) is 11.4 Å². The predicted octanol–water partition coefficient (Wildman–Crippen LogP) is 2.76. The molecule has 0 amide bonds. The molecular weight excluding hydrogens is 264 g/mol. The predicted molar refractivity (Wildman–Crippen MR) is 75.2 cm³/mol. The van der Waals surface area contributed by atoms with E-state index in [1.54, 1.807) is 22.7 Å². The Labute approximate surface area is 113 Å². The molecule has 0 aromatic carbocycles. The summed E-state index contributed by atoms with van der Waals surface area (Å²) >= 11 is 3.32. The van der Waals surface area contributed by atoms with Crippen LogP contribution in [0.25, 0.3) is 4.96 Å². The molecule has 0 saturated heterocycles. The van der Waals surface area contributed by atoms with Gasteiger partial charge < -0.3 is 5.32 Å². The van der Waals surface area contributed by atoms with Crippen LogP contribution in [0.15, 0.2) is 16.3 Å². The second-order valence-corrected chi connectivity index (χ2v) is 5.78. The largest absolute Gasteiger partial charge is 0.305 e. The molecule has 0 aliphatic carbocycles. The minimum atomic E-state index is 0.805. The van der Waals surface area contributed by atoms with Crippen LogP contribution in [0.4, 0.5) is 0 Å². The topological polar surface area (TPSA) is 42.2 Å². The number of hydrogen-bond acceptors (Lipinski definition) is 5. The third-order valence-electron chi connectivity index (χ3n) is 2.91. The molecule has 6 heteroatoms. The number of aryl methyl sites for hydroxylation is 2. The summed E-state index contributed by atoms with van der Waals surface area (Å²) in [5, 5.41) is 7.64. The summed E-state index contributed by atoms with van der Waals surface area (Å²) in [6.07, 6.45) is 0. The fourth-order valence-electron chi connectivity index (χ4n) is 2.01. The first-order chi connectivity index (χ1) is 8.75. The van der Waals surface area contributed by atoms with Gasteiger partial charge in [0.2, 0.25) is 0 Å². The number of hydrogen-bond donors (Lipinski definition) is 1. The van der Waals surface area contributed by atoms with Crippen LogP contribution in [0.3, 0.4) is 0 Å². The van der Waals surface area contributed by atoms with Gasteiger partial charge in [0, 0.05) is 29.5 Å². The summed E-state index contributed by atoms with van der Waals surface area (Å²) in [5.74, 6) is 0. The average Bonchev–Trinajstić information content (AvgIpc) is 3.02. The number of nitrogens with one attached hydrogen (secondary N) is 1. The van der Waals surface area contributed by atoms with E-state index >= 15 is 0 Å². The summed E-state index contributed by atoms with van der Waals surface area (Å²) < 4.78 is 2.23. The van der Waals surface area contributed by atoms with Crippen molar-refractivity contribution in [2.45, 2.75) is 26.9 Å². The molecule has 0 atom stereocenters. The lowest BCUT2D eigenvalue weighted by Gasteiger charge is -2.04. The molecule has 1 N–H and O–H groups in total. The van der Waals surface area contributed by atoms with Gasteiger partial charge in [0.25, 0.3) is 0 Å². The molecule has 18 heavy (non-hydrogen) atoms. The van der Waals surface area contributed by atoms with Crippen molar-refractivity contribution in [3.05, 3.63) is 39.0 Å². The van der Waals surface area contributed by atoms with Gasteiger partial charge >= 0.3 is 0 Å². The second-order valence-electron chi connectivity index (χ2n) is 4.22. The Bertz CT molecular complexity index is 651. The quantitative estimate of drug-likeness (QED) is 0.798. The third kappa shape index (κ3) is 2.07. The molecule has 3 heterocycles. The molecule has 0 bridgehead atoms. The first-order valence-electron chi connectivity index (χ1n) is 5.75. The van der Waals surface area contributed by atoms with Crippen LogP contribution in [-0.4, -0.2) is 14.4 Å². The Balaban J connectivity index is 1.77. The van der Waals surface area contributed by atoms with Crippen LogP contribution in [0.5, 0.6) is 0 Å². The van der Waals surface area contributed by atoms with Crippen molar-refractivity contribution in [1.29, 1.82) is 0 Å². The van der Waals surface area contributed by atoms with E-state index in [2.05, 4.69) is 44.3 Å². The Morgan fingerprint density at radius 1 is 1.28 bits per heavy atom. The summed E-state index contributed by atoms with van der Waals surface area (Å²) in [5.41, 5.74) is 6.57. The summed E-state index contributed by atoms with van der Waals surface area (Å²) in [4.78, 5) is 9.92. The monoisotopic (exact) mass is 278 g/mol. The van der Waals surface area contributed by atoms with Crippen LogP contribution in [0.2, 0.25) is 0 Å². The molecular formula is C12H14N4S2. The van der Waals surface area contributed by atoms with E-state index in [1.807, 2.05) is 5.51 Å². The molecule has 0 radical (unpaired) electrons. The molecule has 0 unspecified atom stereocenters. The smallest absolute Gasteiger partial charge is 0.194 e. The standard InChI is InChI=1S/C12H14N4S2/c1-8-5-18-12-15-9(2)11(16(8)12)4-13-3-10-6-17-7-14-10/h5-7,13H,3-4H2,1-2H3. The van der Waals surface area contributed by atoms with Crippen LogP contribution >= 0.6 is 22.7 Å². The molecule has 0 aliphatic heterocycles. The molecule has 0 aliphatic rings. The van der Waals surface area contributed by atoms with Crippen LogP contribution in [0, 0.1) is 13.8 Å². The molecule has 94 valence electrons. The third-order valence-corrected chi connectivity index (χ3v) is 4.49. The van der Waals surface area contributed by atoms with Gasteiger partial charge in [-0.05, 0) is 13.8 Å². The van der Waals surface area contributed by atoms with Gasteiger partial charge in [-0.3, -0.25) is 4.40 Å². The van der Waals surface area contributed by atoms with E-state index in [-0.39, 0.29) is 0 Å². The summed E-state index contributed by atoms with van der Waals surface area (Å²) in [6.45, 7) is 5.81. The van der Waals surface area contributed by atoms with Gasteiger partial charge in [-0.1, -0.05) is 0 Å². The van der Waals surface area contributed by atoms with Crippen LogP contribution in [-0.2, 0) is 13.1 Å². The van der Waals surface area contributed by atoms with Crippen LogP contribution in [0.1, 0.15) is 22.8 Å². The fourth-order valence-corrected chi connectivity index (χ4v) is 3.50. The van der Waals surface area contributed by atoms with E-state index in [9.17, 15) is 0 Å². The molecule has 0 spiro atoms. The SMILES string of the molecule is Cc1nc2scc(C)n2c1CNCc1cscn1. The first kappa shape index (κ1) is 11.8. The van der Waals surface area contributed by atoms with E-state index in [0.29, 0.717) is 0 Å². The zero-order chi connectivity index (χ0) is 12.5. The molecule has 3 aromatic rings. The normalized spacial score (nSPS) is 11.4. The Morgan fingerprint density at radius 2 is 2.17 bits per heavy atom. The molecule has 3 aromatic heterocycles. The van der Waals surface area contributed by atoms with Gasteiger partial charge in [0.15, 0.2) is 4.96 Å². The van der Waals surface area contributed by atoms with Gasteiger partial charge in [-0.15, -0.1) is 22.7 Å². The molecule has 0 fully saturated rings. The average molecular weight is 278 g/mol. The number of nitrogens with zero attached hydrogens (tertiary/aromatic N) is 3. The van der Waals surface area contributed by atoms with Crippen LogP contribution < -0.4 is 5.32 Å². The minimum absolute atomic E-state index is 0.805. The number of thiazole rings is 2. The Morgan fingerprint density at radius 3 is 2.94 bits per heavy atom. The Hall–Kier alpha value is -1.24.